The molecular formula is C26H24N4. The standard InChI is InChI=1S/C26H24N4/c1-2-3-13-24-28-26(30-29-24)25(20-9-5-4-6-10-20)21-16-14-19(15-17-21)23-12-8-7-11-22(23)18-27/h4-12,14-17,25H,2-3,13H2,1H3,(H,28,29,30). The number of nitriles is 1. The maximum Gasteiger partial charge on any atom is 0.162 e. The van der Waals surface area contributed by atoms with Crippen molar-refractivity contribution in [1.29, 1.82) is 5.26 Å². The molecule has 1 N–H and O–H groups in total. The fourth-order valence-electron chi connectivity index (χ4n) is 3.72. The average Bonchev–Trinajstić information content (AvgIpc) is 3.27. The third kappa shape index (κ3) is 4.16. The van der Waals surface area contributed by atoms with Crippen LogP contribution in [0.4, 0.5) is 0 Å². The molecule has 0 amide bonds. The number of unbranched alkanes of at least 4 members (excludes halogenated alkanes) is 1. The number of nitrogens with zero attached hydrogens (tertiary/aromatic N) is 3. The van der Waals surface area contributed by atoms with Crippen molar-refractivity contribution >= 4 is 0 Å². The summed E-state index contributed by atoms with van der Waals surface area (Å²) < 4.78 is 0. The van der Waals surface area contributed by atoms with Gasteiger partial charge >= 0.3 is 0 Å². The van der Waals surface area contributed by atoms with E-state index < -0.39 is 0 Å². The molecule has 0 saturated heterocycles. The highest BCUT2D eigenvalue weighted by molar-refractivity contribution is 5.70. The largest absolute Gasteiger partial charge is 0.263 e. The third-order valence-corrected chi connectivity index (χ3v) is 5.31. The second kappa shape index (κ2) is 9.19. The summed E-state index contributed by atoms with van der Waals surface area (Å²) >= 11 is 0. The molecule has 1 heterocycles. The van der Waals surface area contributed by atoms with Crippen molar-refractivity contribution in [3.05, 3.63) is 107 Å². The van der Waals surface area contributed by atoms with Crippen LogP contribution >= 0.6 is 0 Å². The van der Waals surface area contributed by atoms with E-state index in [0.717, 1.165) is 53.2 Å². The van der Waals surface area contributed by atoms with Gasteiger partial charge < -0.3 is 0 Å². The van der Waals surface area contributed by atoms with Crippen molar-refractivity contribution in [2.75, 3.05) is 0 Å². The molecule has 0 fully saturated rings. The number of aromatic amines is 1. The first-order valence-electron chi connectivity index (χ1n) is 10.4. The summed E-state index contributed by atoms with van der Waals surface area (Å²) in [6.45, 7) is 2.18. The zero-order chi connectivity index (χ0) is 20.8. The number of H-pyrrole nitrogens is 1. The molecule has 4 nitrogen and oxygen atoms in total. The summed E-state index contributed by atoms with van der Waals surface area (Å²) in [5.74, 6) is 1.68. The summed E-state index contributed by atoms with van der Waals surface area (Å²) in [6.07, 6.45) is 3.14. The zero-order valence-corrected chi connectivity index (χ0v) is 17.0. The molecule has 0 aliphatic rings. The van der Waals surface area contributed by atoms with Gasteiger partial charge in [-0.15, -0.1) is 0 Å². The van der Waals surface area contributed by atoms with Crippen LogP contribution in [-0.4, -0.2) is 15.2 Å². The summed E-state index contributed by atoms with van der Waals surface area (Å²) in [5, 5.41) is 17.1. The highest BCUT2D eigenvalue weighted by Gasteiger charge is 2.21. The molecule has 1 atom stereocenters. The predicted molar refractivity (Wildman–Crippen MR) is 119 cm³/mol. The van der Waals surface area contributed by atoms with Gasteiger partial charge in [0, 0.05) is 6.42 Å². The van der Waals surface area contributed by atoms with Crippen LogP contribution in [-0.2, 0) is 6.42 Å². The number of rotatable bonds is 7. The number of benzene rings is 3. The normalized spacial score (nSPS) is 11.7. The maximum atomic E-state index is 9.41. The number of aryl methyl sites for hydroxylation is 1. The van der Waals surface area contributed by atoms with Gasteiger partial charge in [0.05, 0.1) is 17.6 Å². The van der Waals surface area contributed by atoms with Crippen LogP contribution in [0.1, 0.15) is 54.0 Å². The summed E-state index contributed by atoms with van der Waals surface area (Å²) in [7, 11) is 0. The molecule has 148 valence electrons. The van der Waals surface area contributed by atoms with Gasteiger partial charge in [-0.05, 0) is 34.7 Å². The fraction of sp³-hybridized carbons (Fsp3) is 0.192. The summed E-state index contributed by atoms with van der Waals surface area (Å²) in [6, 6.07) is 28.7. The predicted octanol–water partition coefficient (Wildman–Crippen LogP) is 5.87. The van der Waals surface area contributed by atoms with Gasteiger partial charge in [0.2, 0.25) is 0 Å². The first kappa shape index (κ1) is 19.6. The summed E-state index contributed by atoms with van der Waals surface area (Å²) in [5.41, 5.74) is 4.94. The molecule has 4 aromatic rings. The van der Waals surface area contributed by atoms with Crippen molar-refractivity contribution in [3.8, 4) is 17.2 Å². The van der Waals surface area contributed by atoms with Gasteiger partial charge in [0.15, 0.2) is 5.82 Å². The van der Waals surface area contributed by atoms with Gasteiger partial charge in [-0.2, -0.15) is 10.4 Å². The van der Waals surface area contributed by atoms with Crippen LogP contribution < -0.4 is 0 Å². The Bertz CT molecular complexity index is 1140. The highest BCUT2D eigenvalue weighted by atomic mass is 15.2. The van der Waals surface area contributed by atoms with Crippen molar-refractivity contribution in [3.63, 3.8) is 0 Å². The second-order valence-electron chi connectivity index (χ2n) is 7.37. The molecule has 4 rings (SSSR count). The van der Waals surface area contributed by atoms with E-state index in [2.05, 4.69) is 59.6 Å². The third-order valence-electron chi connectivity index (χ3n) is 5.31. The van der Waals surface area contributed by atoms with E-state index in [0.29, 0.717) is 5.56 Å². The highest BCUT2D eigenvalue weighted by Crippen LogP contribution is 2.32. The molecule has 3 aromatic carbocycles. The van der Waals surface area contributed by atoms with E-state index in [1.165, 1.54) is 0 Å². The van der Waals surface area contributed by atoms with Crippen LogP contribution in [0, 0.1) is 11.3 Å². The SMILES string of the molecule is CCCCc1nc(C(c2ccccc2)c2ccc(-c3ccccc3C#N)cc2)n[nH]1. The van der Waals surface area contributed by atoms with Crippen LogP contribution in [0.2, 0.25) is 0 Å². The van der Waals surface area contributed by atoms with Gasteiger partial charge in [-0.1, -0.05) is 86.1 Å². The molecule has 1 unspecified atom stereocenters. The van der Waals surface area contributed by atoms with E-state index >= 15 is 0 Å². The molecule has 0 aliphatic carbocycles. The van der Waals surface area contributed by atoms with Crippen molar-refractivity contribution in [1.82, 2.24) is 15.2 Å². The summed E-state index contributed by atoms with van der Waals surface area (Å²) in [4.78, 5) is 4.80. The second-order valence-corrected chi connectivity index (χ2v) is 7.37. The van der Waals surface area contributed by atoms with Gasteiger partial charge in [-0.25, -0.2) is 4.98 Å². The van der Waals surface area contributed by atoms with Crippen molar-refractivity contribution < 1.29 is 0 Å². The minimum absolute atomic E-state index is 0.0434. The quantitative estimate of drug-likeness (QED) is 0.428. The lowest BCUT2D eigenvalue weighted by molar-refractivity contribution is 0.755. The number of nitrogens with one attached hydrogen (secondary N) is 1. The molecule has 30 heavy (non-hydrogen) atoms. The zero-order valence-electron chi connectivity index (χ0n) is 17.0. The monoisotopic (exact) mass is 392 g/mol. The Kier molecular flexibility index (Phi) is 6.01. The van der Waals surface area contributed by atoms with Crippen LogP contribution in [0.5, 0.6) is 0 Å². The van der Waals surface area contributed by atoms with E-state index in [9.17, 15) is 5.26 Å². The lowest BCUT2D eigenvalue weighted by Gasteiger charge is -2.15. The van der Waals surface area contributed by atoms with Crippen LogP contribution in [0.3, 0.4) is 0 Å². The van der Waals surface area contributed by atoms with Crippen LogP contribution in [0.15, 0.2) is 78.9 Å². The van der Waals surface area contributed by atoms with Gasteiger partial charge in [-0.3, -0.25) is 5.10 Å². The topological polar surface area (TPSA) is 65.4 Å². The Morgan fingerprint density at radius 2 is 1.60 bits per heavy atom. The number of aromatic nitrogens is 3. The number of hydrogen-bond acceptors (Lipinski definition) is 3. The van der Waals surface area contributed by atoms with E-state index in [1.807, 2.05) is 42.5 Å². The Morgan fingerprint density at radius 3 is 2.33 bits per heavy atom. The first-order valence-corrected chi connectivity index (χ1v) is 10.4. The van der Waals surface area contributed by atoms with Crippen molar-refractivity contribution in [2.45, 2.75) is 32.1 Å². The Balaban J connectivity index is 1.71. The number of hydrogen-bond donors (Lipinski definition) is 1. The molecule has 0 spiro atoms. The van der Waals surface area contributed by atoms with Gasteiger partial charge in [0.1, 0.15) is 5.82 Å². The van der Waals surface area contributed by atoms with E-state index in [4.69, 9.17) is 4.98 Å². The molecule has 4 heteroatoms. The molecular weight excluding hydrogens is 368 g/mol. The smallest absolute Gasteiger partial charge is 0.162 e. The van der Waals surface area contributed by atoms with E-state index in [-0.39, 0.29) is 5.92 Å². The average molecular weight is 393 g/mol. The minimum atomic E-state index is -0.0434. The lowest BCUT2D eigenvalue weighted by Crippen LogP contribution is -2.05. The molecule has 0 bridgehead atoms. The van der Waals surface area contributed by atoms with E-state index in [1.54, 1.807) is 0 Å². The molecule has 0 saturated carbocycles. The van der Waals surface area contributed by atoms with Crippen molar-refractivity contribution in [2.24, 2.45) is 0 Å². The Morgan fingerprint density at radius 1 is 0.900 bits per heavy atom. The van der Waals surface area contributed by atoms with Gasteiger partial charge in [0.25, 0.3) is 0 Å². The molecule has 1 aromatic heterocycles. The maximum absolute atomic E-state index is 9.41. The molecule has 0 aliphatic heterocycles. The minimum Gasteiger partial charge on any atom is -0.263 e. The Labute approximate surface area is 177 Å². The first-order chi connectivity index (χ1) is 14.8. The lowest BCUT2D eigenvalue weighted by atomic mass is 9.89. The molecule has 0 radical (unpaired) electrons. The fourth-order valence-corrected chi connectivity index (χ4v) is 3.72. The van der Waals surface area contributed by atoms with Crippen LogP contribution in [0.25, 0.3) is 11.1 Å². The Hall–Kier alpha value is -3.71.